The Morgan fingerprint density at radius 2 is 1.27 bits per heavy atom. The number of nitro benzene ring substituents is 2. The van der Waals surface area contributed by atoms with Gasteiger partial charge in [-0.1, -0.05) is 48.5 Å². The molecular formula is C45H45N5O10. The van der Waals surface area contributed by atoms with Crippen molar-refractivity contribution in [2.24, 2.45) is 0 Å². The summed E-state index contributed by atoms with van der Waals surface area (Å²) in [7, 11) is 0. The zero-order chi connectivity index (χ0) is 43.0. The van der Waals surface area contributed by atoms with E-state index in [1.54, 1.807) is 32.9 Å². The third-order valence-corrected chi connectivity index (χ3v) is 10.0. The van der Waals surface area contributed by atoms with E-state index in [0.29, 0.717) is 24.0 Å². The second-order valence-corrected chi connectivity index (χ2v) is 15.5. The Kier molecular flexibility index (Phi) is 13.2. The van der Waals surface area contributed by atoms with Crippen LogP contribution in [0.5, 0.6) is 0 Å². The van der Waals surface area contributed by atoms with Gasteiger partial charge in [-0.2, -0.15) is 0 Å². The third kappa shape index (κ3) is 10.7. The van der Waals surface area contributed by atoms with E-state index >= 15 is 0 Å². The van der Waals surface area contributed by atoms with Crippen molar-refractivity contribution >= 4 is 47.4 Å². The number of Topliss-reactive ketones (excluding diaryl/α,β-unsaturated/α-hetero) is 1. The van der Waals surface area contributed by atoms with Crippen LogP contribution in [0.15, 0.2) is 108 Å². The first-order valence-corrected chi connectivity index (χ1v) is 19.5. The number of carbonyl (C=O) groups is 4. The second-order valence-electron chi connectivity index (χ2n) is 15.5. The standard InChI is InChI=1S/C45H45N5O10/c1-45(2,3)60-43(53)46-23-9-8-14-40(47-44(54)59-28-39-37-12-6-4-10-35(37)36-11-5-7-13-38(36)39)42(52)48-26-31(24-29-15-19-33(20-16-29)49(55)56)41(51)32(27-48)25-30-17-21-34(22-18-30)50(57)58/h4-7,10-13,15-22,24-25,39-40H,8-9,14,23,26-28H2,1-3H3,(H,46,53)(H,47,54)/b31-24+,32-25+/t40-/m0/s1. The molecule has 2 N–H and O–H groups in total. The third-order valence-electron chi connectivity index (χ3n) is 10.0. The second kappa shape index (κ2) is 18.6. The summed E-state index contributed by atoms with van der Waals surface area (Å²) < 4.78 is 11.1. The summed E-state index contributed by atoms with van der Waals surface area (Å²) in [5, 5.41) is 28.0. The number of piperidine rings is 1. The van der Waals surface area contributed by atoms with Crippen molar-refractivity contribution in [1.29, 1.82) is 0 Å². The van der Waals surface area contributed by atoms with Gasteiger partial charge in [-0.05, 0) is 110 Å². The lowest BCUT2D eigenvalue weighted by atomic mass is 9.93. The number of ketones is 1. The molecule has 3 amide bonds. The summed E-state index contributed by atoms with van der Waals surface area (Å²) in [5.74, 6) is -1.10. The van der Waals surface area contributed by atoms with Crippen LogP contribution in [0, 0.1) is 20.2 Å². The topological polar surface area (TPSA) is 200 Å². The summed E-state index contributed by atoms with van der Waals surface area (Å²) in [6.45, 7) is 5.25. The number of fused-ring (bicyclic) bond motifs is 3. The van der Waals surface area contributed by atoms with Crippen molar-refractivity contribution in [2.75, 3.05) is 26.2 Å². The van der Waals surface area contributed by atoms with Gasteiger partial charge in [-0.15, -0.1) is 0 Å². The highest BCUT2D eigenvalue weighted by atomic mass is 16.6. The van der Waals surface area contributed by atoms with E-state index in [2.05, 4.69) is 10.6 Å². The molecule has 1 saturated heterocycles. The van der Waals surface area contributed by atoms with Crippen molar-refractivity contribution in [3.8, 4) is 11.1 Å². The first-order chi connectivity index (χ1) is 28.7. The molecule has 1 atom stereocenters. The number of carbonyl (C=O) groups excluding carboxylic acids is 4. The van der Waals surface area contributed by atoms with Crippen molar-refractivity contribution in [2.45, 2.75) is 57.6 Å². The summed E-state index contributed by atoms with van der Waals surface area (Å²) in [6, 6.07) is 25.9. The summed E-state index contributed by atoms with van der Waals surface area (Å²) in [5.41, 5.74) is 4.60. The Bertz CT molecular complexity index is 2220. The maximum atomic E-state index is 14.5. The number of nitrogens with one attached hydrogen (secondary N) is 2. The molecule has 4 aromatic carbocycles. The number of amides is 3. The SMILES string of the molecule is CC(C)(C)OC(=O)NCCCC[C@H](NC(=O)OCC1c2ccccc2-c2ccccc21)C(=O)N1C/C(=C\c2ccc([N+](=O)[O-])cc2)C(=O)/C(=C/c2ccc([N+](=O)[O-])cc2)C1. The number of likely N-dealkylation sites (tertiary alicyclic amines) is 1. The quantitative estimate of drug-likeness (QED) is 0.0577. The van der Waals surface area contributed by atoms with Gasteiger partial charge in [0.15, 0.2) is 5.78 Å². The van der Waals surface area contributed by atoms with Crippen LogP contribution in [0.4, 0.5) is 21.0 Å². The number of ether oxygens (including phenoxy) is 2. The molecule has 0 spiro atoms. The molecule has 0 bridgehead atoms. The minimum absolute atomic E-state index is 0.0169. The van der Waals surface area contributed by atoms with Gasteiger partial charge in [0.05, 0.1) is 9.85 Å². The fraction of sp³-hybridized carbons (Fsp3) is 0.289. The highest BCUT2D eigenvalue weighted by molar-refractivity contribution is 6.15. The maximum Gasteiger partial charge on any atom is 0.407 e. The number of non-ortho nitro benzene ring substituents is 2. The largest absolute Gasteiger partial charge is 0.449 e. The molecule has 1 aliphatic heterocycles. The minimum Gasteiger partial charge on any atom is -0.449 e. The lowest BCUT2D eigenvalue weighted by Crippen LogP contribution is -2.52. The lowest BCUT2D eigenvalue weighted by molar-refractivity contribution is -0.385. The lowest BCUT2D eigenvalue weighted by Gasteiger charge is -2.33. The number of rotatable bonds is 13. The van der Waals surface area contributed by atoms with Gasteiger partial charge in [-0.3, -0.25) is 29.8 Å². The van der Waals surface area contributed by atoms with Crippen LogP contribution in [-0.2, 0) is 19.1 Å². The molecule has 310 valence electrons. The van der Waals surface area contributed by atoms with Crippen molar-refractivity contribution in [1.82, 2.24) is 15.5 Å². The van der Waals surface area contributed by atoms with Gasteiger partial charge in [0.25, 0.3) is 11.4 Å². The zero-order valence-corrected chi connectivity index (χ0v) is 33.4. The molecule has 6 rings (SSSR count). The van der Waals surface area contributed by atoms with Crippen LogP contribution in [0.25, 0.3) is 23.3 Å². The van der Waals surface area contributed by atoms with Crippen molar-refractivity contribution in [3.63, 3.8) is 0 Å². The normalized spacial score (nSPS) is 15.5. The molecule has 15 nitrogen and oxygen atoms in total. The Morgan fingerprint density at radius 1 is 0.767 bits per heavy atom. The molecule has 0 radical (unpaired) electrons. The van der Waals surface area contributed by atoms with Crippen LogP contribution in [-0.4, -0.2) is 76.5 Å². The van der Waals surface area contributed by atoms with E-state index in [9.17, 15) is 39.4 Å². The first kappa shape index (κ1) is 42.4. The summed E-state index contributed by atoms with van der Waals surface area (Å²) >= 11 is 0. The van der Waals surface area contributed by atoms with Gasteiger partial charge < -0.3 is 25.0 Å². The van der Waals surface area contributed by atoms with Gasteiger partial charge >= 0.3 is 12.2 Å². The molecule has 1 aliphatic carbocycles. The smallest absolute Gasteiger partial charge is 0.407 e. The van der Waals surface area contributed by atoms with Crippen molar-refractivity contribution in [3.05, 3.63) is 151 Å². The van der Waals surface area contributed by atoms with Crippen LogP contribution in [0.3, 0.4) is 0 Å². The molecule has 15 heteroatoms. The van der Waals surface area contributed by atoms with Crippen LogP contribution < -0.4 is 10.6 Å². The molecule has 60 heavy (non-hydrogen) atoms. The number of nitro groups is 2. The van der Waals surface area contributed by atoms with E-state index in [4.69, 9.17) is 9.47 Å². The number of hydrogen-bond donors (Lipinski definition) is 2. The number of hydrogen-bond acceptors (Lipinski definition) is 10. The summed E-state index contributed by atoms with van der Waals surface area (Å²) in [6.07, 6.45) is 2.72. The minimum atomic E-state index is -1.10. The highest BCUT2D eigenvalue weighted by Gasteiger charge is 2.35. The number of alkyl carbamates (subject to hydrolysis) is 2. The average molecular weight is 816 g/mol. The van der Waals surface area contributed by atoms with E-state index in [0.717, 1.165) is 22.3 Å². The van der Waals surface area contributed by atoms with Crippen molar-refractivity contribution < 1.29 is 38.5 Å². The predicted octanol–water partition coefficient (Wildman–Crippen LogP) is 7.98. The fourth-order valence-electron chi connectivity index (χ4n) is 7.22. The fourth-order valence-corrected chi connectivity index (χ4v) is 7.22. The van der Waals surface area contributed by atoms with E-state index in [1.807, 2.05) is 48.5 Å². The van der Waals surface area contributed by atoms with Gasteiger partial charge in [0, 0.05) is 61.0 Å². The molecule has 1 heterocycles. The number of nitrogens with zero attached hydrogens (tertiary/aromatic N) is 3. The number of unbranched alkanes of at least 4 members (excludes halogenated alkanes) is 1. The Morgan fingerprint density at radius 3 is 1.75 bits per heavy atom. The van der Waals surface area contributed by atoms with E-state index in [-0.39, 0.29) is 66.9 Å². The molecule has 0 aromatic heterocycles. The first-order valence-electron chi connectivity index (χ1n) is 19.5. The Hall–Kier alpha value is -7.16. The Labute approximate surface area is 346 Å². The van der Waals surface area contributed by atoms with E-state index in [1.165, 1.54) is 53.4 Å². The van der Waals surface area contributed by atoms with Crippen LogP contribution in [0.2, 0.25) is 0 Å². The van der Waals surface area contributed by atoms with Gasteiger partial charge in [0.1, 0.15) is 18.2 Å². The molecule has 2 aliphatic rings. The van der Waals surface area contributed by atoms with E-state index < -0.39 is 39.6 Å². The maximum absolute atomic E-state index is 14.5. The monoisotopic (exact) mass is 815 g/mol. The average Bonchev–Trinajstić information content (AvgIpc) is 3.53. The molecule has 1 fully saturated rings. The molecular weight excluding hydrogens is 771 g/mol. The van der Waals surface area contributed by atoms with Crippen LogP contribution in [0.1, 0.15) is 68.2 Å². The molecule has 4 aromatic rings. The highest BCUT2D eigenvalue weighted by Crippen LogP contribution is 2.44. The molecule has 0 saturated carbocycles. The Balaban J connectivity index is 1.24. The number of benzene rings is 4. The van der Waals surface area contributed by atoms with Gasteiger partial charge in [0.2, 0.25) is 5.91 Å². The predicted molar refractivity (Wildman–Crippen MR) is 224 cm³/mol. The molecule has 0 unspecified atom stereocenters. The van der Waals surface area contributed by atoms with Crippen LogP contribution >= 0.6 is 0 Å². The summed E-state index contributed by atoms with van der Waals surface area (Å²) in [4.78, 5) is 77.2. The van der Waals surface area contributed by atoms with Gasteiger partial charge in [-0.25, -0.2) is 9.59 Å². The zero-order valence-electron chi connectivity index (χ0n) is 33.4.